The van der Waals surface area contributed by atoms with Crippen molar-refractivity contribution in [3.63, 3.8) is 0 Å². The Morgan fingerprint density at radius 2 is 2.00 bits per heavy atom. The van der Waals surface area contributed by atoms with E-state index in [-0.39, 0.29) is 5.41 Å². The summed E-state index contributed by atoms with van der Waals surface area (Å²) in [5.74, 6) is 1.63. The Kier molecular flexibility index (Phi) is 6.81. The van der Waals surface area contributed by atoms with E-state index in [1.165, 1.54) is 19.3 Å². The van der Waals surface area contributed by atoms with Gasteiger partial charge in [-0.3, -0.25) is 4.99 Å². The van der Waals surface area contributed by atoms with Crippen molar-refractivity contribution >= 4 is 5.96 Å². The average Bonchev–Trinajstić information content (AvgIpc) is 3.08. The lowest BCUT2D eigenvalue weighted by Crippen LogP contribution is -2.68. The summed E-state index contributed by atoms with van der Waals surface area (Å²) in [6.07, 6.45) is 5.07. The van der Waals surface area contributed by atoms with Gasteiger partial charge in [0.1, 0.15) is 0 Å². The van der Waals surface area contributed by atoms with Gasteiger partial charge in [-0.15, -0.1) is 0 Å². The summed E-state index contributed by atoms with van der Waals surface area (Å²) in [5, 5.41) is 7.45. The van der Waals surface area contributed by atoms with Crippen LogP contribution in [0.15, 0.2) is 4.99 Å². The van der Waals surface area contributed by atoms with Crippen molar-refractivity contribution in [2.75, 3.05) is 46.5 Å². The summed E-state index contributed by atoms with van der Waals surface area (Å²) in [7, 11) is 1.78. The topological polar surface area (TPSA) is 58.1 Å². The van der Waals surface area contributed by atoms with E-state index >= 15 is 0 Å². The molecule has 150 valence electrons. The van der Waals surface area contributed by atoms with Gasteiger partial charge in [0.15, 0.2) is 5.96 Å². The number of nitrogens with zero attached hydrogens (tertiary/aromatic N) is 2. The first-order valence-electron chi connectivity index (χ1n) is 10.5. The van der Waals surface area contributed by atoms with Gasteiger partial charge in [-0.25, -0.2) is 0 Å². The van der Waals surface area contributed by atoms with E-state index in [0.29, 0.717) is 24.1 Å². The maximum atomic E-state index is 5.93. The number of rotatable bonds is 7. The SMILES string of the molecule is CCN=C(NC1CCN(CCCOC)CC1)NC1C2CCOC2C1(C)C. The molecular weight excluding hydrogens is 328 g/mol. The molecule has 3 fully saturated rings. The van der Waals surface area contributed by atoms with E-state index in [9.17, 15) is 0 Å². The van der Waals surface area contributed by atoms with E-state index in [1.54, 1.807) is 7.11 Å². The third kappa shape index (κ3) is 4.34. The number of methoxy groups -OCH3 is 1. The largest absolute Gasteiger partial charge is 0.385 e. The van der Waals surface area contributed by atoms with Crippen LogP contribution in [0, 0.1) is 11.3 Å². The van der Waals surface area contributed by atoms with Crippen LogP contribution in [0.1, 0.15) is 46.5 Å². The van der Waals surface area contributed by atoms with Crippen LogP contribution < -0.4 is 10.6 Å². The molecule has 3 atom stereocenters. The van der Waals surface area contributed by atoms with Crippen LogP contribution in [-0.2, 0) is 9.47 Å². The zero-order valence-electron chi connectivity index (χ0n) is 17.1. The zero-order valence-corrected chi connectivity index (χ0v) is 17.1. The Morgan fingerprint density at radius 3 is 2.69 bits per heavy atom. The fourth-order valence-corrected chi connectivity index (χ4v) is 4.98. The van der Waals surface area contributed by atoms with E-state index < -0.39 is 0 Å². The third-order valence-corrected chi connectivity index (χ3v) is 6.46. The second-order valence-corrected chi connectivity index (χ2v) is 8.62. The molecule has 2 aliphatic heterocycles. The molecule has 2 saturated heterocycles. The van der Waals surface area contributed by atoms with Gasteiger partial charge in [0, 0.05) is 69.9 Å². The van der Waals surface area contributed by atoms with Gasteiger partial charge < -0.3 is 25.0 Å². The van der Waals surface area contributed by atoms with Gasteiger partial charge >= 0.3 is 0 Å². The lowest BCUT2D eigenvalue weighted by molar-refractivity contribution is -0.106. The van der Waals surface area contributed by atoms with Gasteiger partial charge in [0.2, 0.25) is 0 Å². The van der Waals surface area contributed by atoms with Crippen molar-refractivity contribution < 1.29 is 9.47 Å². The molecular formula is C20H38N4O2. The van der Waals surface area contributed by atoms with Crippen LogP contribution in [0.2, 0.25) is 0 Å². The second kappa shape index (κ2) is 8.89. The minimum Gasteiger partial charge on any atom is -0.385 e. The Balaban J connectivity index is 1.47. The fraction of sp³-hybridized carbons (Fsp3) is 0.950. The number of likely N-dealkylation sites (tertiary alicyclic amines) is 1. The molecule has 2 heterocycles. The van der Waals surface area contributed by atoms with Crippen molar-refractivity contribution in [1.82, 2.24) is 15.5 Å². The van der Waals surface area contributed by atoms with Gasteiger partial charge in [0.25, 0.3) is 0 Å². The standard InChI is InChI=1S/C20H38N4O2/c1-5-21-19(23-17-16-9-14-26-18(16)20(17,2)3)22-15-7-11-24(12-8-15)10-6-13-25-4/h15-18H,5-14H2,1-4H3,(H2,21,22,23). The third-order valence-electron chi connectivity index (χ3n) is 6.46. The fourth-order valence-electron chi connectivity index (χ4n) is 4.98. The van der Waals surface area contributed by atoms with Crippen LogP contribution in [0.4, 0.5) is 0 Å². The van der Waals surface area contributed by atoms with Crippen molar-refractivity contribution in [1.29, 1.82) is 0 Å². The molecule has 1 aliphatic carbocycles. The molecule has 26 heavy (non-hydrogen) atoms. The predicted molar refractivity (Wildman–Crippen MR) is 106 cm³/mol. The van der Waals surface area contributed by atoms with Crippen molar-refractivity contribution in [3.05, 3.63) is 0 Å². The Morgan fingerprint density at radius 1 is 1.23 bits per heavy atom. The number of ether oxygens (including phenoxy) is 2. The molecule has 2 N–H and O–H groups in total. The highest BCUT2D eigenvalue weighted by Crippen LogP contribution is 2.52. The molecule has 0 aromatic rings. The first kappa shape index (κ1) is 19.9. The first-order valence-corrected chi connectivity index (χ1v) is 10.5. The molecule has 0 amide bonds. The van der Waals surface area contributed by atoms with Gasteiger partial charge in [-0.05, 0) is 32.6 Å². The van der Waals surface area contributed by atoms with Gasteiger partial charge in [-0.2, -0.15) is 0 Å². The van der Waals surface area contributed by atoms with E-state index in [2.05, 4.69) is 36.3 Å². The summed E-state index contributed by atoms with van der Waals surface area (Å²) in [4.78, 5) is 7.28. The summed E-state index contributed by atoms with van der Waals surface area (Å²) in [5.41, 5.74) is 0.183. The summed E-state index contributed by atoms with van der Waals surface area (Å²) in [6, 6.07) is 0.979. The molecule has 6 heteroatoms. The minimum absolute atomic E-state index is 0.183. The van der Waals surface area contributed by atoms with Crippen molar-refractivity contribution in [2.45, 2.75) is 64.6 Å². The molecule has 0 aromatic carbocycles. The molecule has 3 aliphatic rings. The summed E-state index contributed by atoms with van der Waals surface area (Å²) < 4.78 is 11.1. The molecule has 0 bridgehead atoms. The number of guanidine groups is 1. The lowest BCUT2D eigenvalue weighted by Gasteiger charge is -2.55. The maximum Gasteiger partial charge on any atom is 0.191 e. The van der Waals surface area contributed by atoms with Crippen LogP contribution in [0.25, 0.3) is 0 Å². The smallest absolute Gasteiger partial charge is 0.191 e. The monoisotopic (exact) mass is 366 g/mol. The minimum atomic E-state index is 0.183. The Labute approximate surface area is 159 Å². The van der Waals surface area contributed by atoms with Gasteiger partial charge in [0.05, 0.1) is 6.10 Å². The number of aliphatic imine (C=N–C) groups is 1. The second-order valence-electron chi connectivity index (χ2n) is 8.62. The van der Waals surface area contributed by atoms with Crippen molar-refractivity contribution in [2.24, 2.45) is 16.3 Å². The normalized spacial score (nSPS) is 32.2. The highest BCUT2D eigenvalue weighted by Gasteiger charge is 2.59. The predicted octanol–water partition coefficient (Wildman–Crippen LogP) is 1.86. The lowest BCUT2D eigenvalue weighted by atomic mass is 9.57. The molecule has 0 aromatic heterocycles. The number of piperidine rings is 1. The van der Waals surface area contributed by atoms with Crippen molar-refractivity contribution in [3.8, 4) is 0 Å². The molecule has 1 saturated carbocycles. The van der Waals surface area contributed by atoms with Crippen LogP contribution >= 0.6 is 0 Å². The van der Waals surface area contributed by atoms with Crippen LogP contribution in [0.5, 0.6) is 0 Å². The highest BCUT2D eigenvalue weighted by atomic mass is 16.5. The zero-order chi connectivity index (χ0) is 18.6. The quantitative estimate of drug-likeness (QED) is 0.409. The number of nitrogens with one attached hydrogen (secondary N) is 2. The average molecular weight is 367 g/mol. The molecule has 6 nitrogen and oxygen atoms in total. The summed E-state index contributed by atoms with van der Waals surface area (Å²) >= 11 is 0. The van der Waals surface area contributed by atoms with E-state index in [1.807, 2.05) is 0 Å². The Hall–Kier alpha value is -0.850. The van der Waals surface area contributed by atoms with Crippen LogP contribution in [0.3, 0.4) is 0 Å². The summed E-state index contributed by atoms with van der Waals surface area (Å²) in [6.45, 7) is 12.8. The van der Waals surface area contributed by atoms with E-state index in [4.69, 9.17) is 14.5 Å². The molecule has 0 spiro atoms. The van der Waals surface area contributed by atoms with Gasteiger partial charge in [-0.1, -0.05) is 13.8 Å². The molecule has 3 unspecified atom stereocenters. The first-order chi connectivity index (χ1) is 12.6. The molecule has 3 rings (SSSR count). The van der Waals surface area contributed by atoms with Crippen LogP contribution in [-0.4, -0.2) is 75.5 Å². The number of hydrogen-bond acceptors (Lipinski definition) is 4. The molecule has 0 radical (unpaired) electrons. The Bertz CT molecular complexity index is 474. The maximum absolute atomic E-state index is 5.93. The van der Waals surface area contributed by atoms with E-state index in [0.717, 1.165) is 51.8 Å². The number of hydrogen-bond donors (Lipinski definition) is 2. The highest BCUT2D eigenvalue weighted by molar-refractivity contribution is 5.80. The number of fused-ring (bicyclic) bond motifs is 1.